The Kier molecular flexibility index (Phi) is 5.23. The van der Waals surface area contributed by atoms with Crippen molar-refractivity contribution in [1.82, 2.24) is 10.2 Å². The van der Waals surface area contributed by atoms with Crippen molar-refractivity contribution in [1.29, 1.82) is 0 Å². The molecule has 0 saturated carbocycles. The minimum absolute atomic E-state index is 0.0293. The molecule has 1 N–H and O–H groups in total. The van der Waals surface area contributed by atoms with Crippen LogP contribution < -0.4 is 10.2 Å². The largest absolute Gasteiger partial charge is 0.368 e. The summed E-state index contributed by atoms with van der Waals surface area (Å²) < 4.78 is 0. The summed E-state index contributed by atoms with van der Waals surface area (Å²) in [6.07, 6.45) is 1.02. The second kappa shape index (κ2) is 6.94. The summed E-state index contributed by atoms with van der Waals surface area (Å²) in [5.41, 5.74) is 1.27. The van der Waals surface area contributed by atoms with Crippen molar-refractivity contribution in [2.24, 2.45) is 0 Å². The average molecular weight is 289 g/mol. The van der Waals surface area contributed by atoms with Crippen molar-refractivity contribution in [2.45, 2.75) is 32.7 Å². The van der Waals surface area contributed by atoms with Crippen LogP contribution in [-0.4, -0.2) is 49.1 Å². The highest BCUT2D eigenvalue weighted by Gasteiger charge is 2.23. The molecular formula is C17H27N3O. The van der Waals surface area contributed by atoms with Gasteiger partial charge in [-0.25, -0.2) is 0 Å². The van der Waals surface area contributed by atoms with Crippen LogP contribution in [0.15, 0.2) is 30.3 Å². The Balaban J connectivity index is 1.80. The summed E-state index contributed by atoms with van der Waals surface area (Å²) in [4.78, 5) is 16.6. The maximum Gasteiger partial charge on any atom is 0.236 e. The molecule has 1 heterocycles. The average Bonchev–Trinajstić information content (AvgIpc) is 2.54. The van der Waals surface area contributed by atoms with Gasteiger partial charge in [-0.2, -0.15) is 0 Å². The van der Waals surface area contributed by atoms with Crippen LogP contribution in [-0.2, 0) is 4.79 Å². The first-order chi connectivity index (χ1) is 10.0. The molecule has 0 bridgehead atoms. The van der Waals surface area contributed by atoms with Gasteiger partial charge < -0.3 is 15.1 Å². The number of nitrogens with one attached hydrogen (secondary N) is 1. The lowest BCUT2D eigenvalue weighted by Crippen LogP contribution is -2.52. The molecule has 1 aromatic rings. The highest BCUT2D eigenvalue weighted by atomic mass is 16.2. The Morgan fingerprint density at radius 3 is 2.33 bits per heavy atom. The quantitative estimate of drug-likeness (QED) is 0.902. The second-order valence-corrected chi connectivity index (χ2v) is 6.29. The third-order valence-corrected chi connectivity index (χ3v) is 4.36. The predicted molar refractivity (Wildman–Crippen MR) is 87.6 cm³/mol. The first-order valence-corrected chi connectivity index (χ1v) is 7.84. The van der Waals surface area contributed by atoms with E-state index in [1.54, 1.807) is 0 Å². The number of anilines is 1. The van der Waals surface area contributed by atoms with E-state index in [0.29, 0.717) is 6.54 Å². The van der Waals surface area contributed by atoms with Gasteiger partial charge in [0.25, 0.3) is 0 Å². The van der Waals surface area contributed by atoms with Crippen LogP contribution in [0, 0.1) is 0 Å². The van der Waals surface area contributed by atoms with E-state index in [1.165, 1.54) is 5.69 Å². The van der Waals surface area contributed by atoms with Crippen LogP contribution >= 0.6 is 0 Å². The zero-order chi connectivity index (χ0) is 15.3. The summed E-state index contributed by atoms with van der Waals surface area (Å²) in [6.45, 7) is 10.3. The fourth-order valence-electron chi connectivity index (χ4n) is 2.40. The lowest BCUT2D eigenvalue weighted by Gasteiger charge is -2.36. The highest BCUT2D eigenvalue weighted by Crippen LogP contribution is 2.15. The number of carbonyl (C=O) groups is 1. The lowest BCUT2D eigenvalue weighted by molar-refractivity contribution is -0.130. The molecule has 1 aliphatic heterocycles. The van der Waals surface area contributed by atoms with Gasteiger partial charge in [0, 0.05) is 37.4 Å². The SMILES string of the molecule is CCC(C)(C)NCC(=O)N1CCN(c2ccccc2)CC1. The molecule has 1 amide bonds. The zero-order valence-corrected chi connectivity index (χ0v) is 13.4. The molecule has 0 aromatic heterocycles. The smallest absolute Gasteiger partial charge is 0.236 e. The van der Waals surface area contributed by atoms with Crippen LogP contribution in [0.5, 0.6) is 0 Å². The molecule has 4 nitrogen and oxygen atoms in total. The number of amides is 1. The van der Waals surface area contributed by atoms with Gasteiger partial charge in [0.2, 0.25) is 5.91 Å². The van der Waals surface area contributed by atoms with Crippen LogP contribution in [0.3, 0.4) is 0 Å². The van der Waals surface area contributed by atoms with Gasteiger partial charge in [-0.05, 0) is 32.4 Å². The van der Waals surface area contributed by atoms with E-state index in [0.717, 1.165) is 32.6 Å². The molecule has 0 unspecified atom stereocenters. The van der Waals surface area contributed by atoms with E-state index < -0.39 is 0 Å². The molecule has 0 atom stereocenters. The van der Waals surface area contributed by atoms with Gasteiger partial charge >= 0.3 is 0 Å². The van der Waals surface area contributed by atoms with Crippen molar-refractivity contribution in [3.8, 4) is 0 Å². The fraction of sp³-hybridized carbons (Fsp3) is 0.588. The Hall–Kier alpha value is -1.55. The van der Waals surface area contributed by atoms with Gasteiger partial charge in [0.05, 0.1) is 6.54 Å². The highest BCUT2D eigenvalue weighted by molar-refractivity contribution is 5.78. The number of hydrogen-bond acceptors (Lipinski definition) is 3. The van der Waals surface area contributed by atoms with Crippen LogP contribution in [0.4, 0.5) is 5.69 Å². The Morgan fingerprint density at radius 1 is 1.14 bits per heavy atom. The molecule has 2 rings (SSSR count). The van der Waals surface area contributed by atoms with Gasteiger partial charge in [-0.3, -0.25) is 4.79 Å². The zero-order valence-electron chi connectivity index (χ0n) is 13.4. The van der Waals surface area contributed by atoms with E-state index in [9.17, 15) is 4.79 Å². The van der Waals surface area contributed by atoms with Crippen molar-refractivity contribution in [2.75, 3.05) is 37.6 Å². The molecule has 4 heteroatoms. The fourth-order valence-corrected chi connectivity index (χ4v) is 2.40. The molecule has 0 radical (unpaired) electrons. The first kappa shape index (κ1) is 15.8. The van der Waals surface area contributed by atoms with Gasteiger partial charge in [-0.15, -0.1) is 0 Å². The molecular weight excluding hydrogens is 262 g/mol. The molecule has 1 fully saturated rings. The Bertz CT molecular complexity index is 450. The molecule has 21 heavy (non-hydrogen) atoms. The molecule has 0 aliphatic carbocycles. The van der Waals surface area contributed by atoms with E-state index >= 15 is 0 Å². The Morgan fingerprint density at radius 2 is 1.76 bits per heavy atom. The summed E-state index contributed by atoms with van der Waals surface area (Å²) >= 11 is 0. The standard InChI is InChI=1S/C17H27N3O/c1-4-17(2,3)18-14-16(21)20-12-10-19(11-13-20)15-8-6-5-7-9-15/h5-9,18H,4,10-14H2,1-3H3. The monoisotopic (exact) mass is 289 g/mol. The van der Waals surface area contributed by atoms with Crippen LogP contribution in [0.2, 0.25) is 0 Å². The maximum atomic E-state index is 12.2. The molecule has 1 aliphatic rings. The van der Waals surface area contributed by atoms with E-state index in [4.69, 9.17) is 0 Å². The summed E-state index contributed by atoms with van der Waals surface area (Å²) in [5, 5.41) is 3.34. The van der Waals surface area contributed by atoms with Crippen molar-refractivity contribution in [3.05, 3.63) is 30.3 Å². The van der Waals surface area contributed by atoms with Gasteiger partial charge in [0.1, 0.15) is 0 Å². The van der Waals surface area contributed by atoms with Gasteiger partial charge in [0.15, 0.2) is 0 Å². The number of rotatable bonds is 5. The second-order valence-electron chi connectivity index (χ2n) is 6.29. The van der Waals surface area contributed by atoms with E-state index in [2.05, 4.69) is 55.3 Å². The Labute approximate surface area is 128 Å². The van der Waals surface area contributed by atoms with Gasteiger partial charge in [-0.1, -0.05) is 25.1 Å². The summed E-state index contributed by atoms with van der Waals surface area (Å²) in [7, 11) is 0. The van der Waals surface area contributed by atoms with E-state index in [-0.39, 0.29) is 11.4 Å². The van der Waals surface area contributed by atoms with Crippen molar-refractivity contribution in [3.63, 3.8) is 0 Å². The third kappa shape index (κ3) is 4.46. The molecule has 1 aromatic carbocycles. The minimum atomic E-state index is 0.0293. The van der Waals surface area contributed by atoms with Crippen LogP contribution in [0.1, 0.15) is 27.2 Å². The van der Waals surface area contributed by atoms with Crippen LogP contribution in [0.25, 0.3) is 0 Å². The minimum Gasteiger partial charge on any atom is -0.368 e. The number of piperazine rings is 1. The topological polar surface area (TPSA) is 35.6 Å². The first-order valence-electron chi connectivity index (χ1n) is 7.84. The number of hydrogen-bond donors (Lipinski definition) is 1. The predicted octanol–water partition coefficient (Wildman–Crippen LogP) is 2.11. The van der Waals surface area contributed by atoms with Crippen molar-refractivity contribution < 1.29 is 4.79 Å². The molecule has 116 valence electrons. The van der Waals surface area contributed by atoms with E-state index in [1.807, 2.05) is 11.0 Å². The number of para-hydroxylation sites is 1. The normalized spacial score (nSPS) is 16.1. The summed E-state index contributed by atoms with van der Waals surface area (Å²) in [5.74, 6) is 0.212. The molecule has 0 spiro atoms. The number of benzene rings is 1. The number of nitrogens with zero attached hydrogens (tertiary/aromatic N) is 2. The third-order valence-electron chi connectivity index (χ3n) is 4.36. The number of carbonyl (C=O) groups excluding carboxylic acids is 1. The molecule has 1 saturated heterocycles. The maximum absolute atomic E-state index is 12.2. The summed E-state index contributed by atoms with van der Waals surface area (Å²) in [6, 6.07) is 10.4. The van der Waals surface area contributed by atoms with Crippen molar-refractivity contribution >= 4 is 11.6 Å². The lowest BCUT2D eigenvalue weighted by atomic mass is 10.0.